The Bertz CT molecular complexity index is 1350. The monoisotopic (exact) mass is 505 g/mol. The second-order valence-corrected chi connectivity index (χ2v) is 11.1. The van der Waals surface area contributed by atoms with Crippen molar-refractivity contribution in [2.24, 2.45) is 11.7 Å². The number of sulfone groups is 1. The first kappa shape index (κ1) is 25.6. The van der Waals surface area contributed by atoms with E-state index in [1.54, 1.807) is 53.4 Å². The van der Waals surface area contributed by atoms with E-state index < -0.39 is 9.84 Å². The first-order valence-electron chi connectivity index (χ1n) is 12.1. The number of amides is 2. The lowest BCUT2D eigenvalue weighted by Crippen LogP contribution is -2.31. The highest BCUT2D eigenvalue weighted by molar-refractivity contribution is 7.91. The molecule has 1 aliphatic rings. The van der Waals surface area contributed by atoms with Crippen LogP contribution >= 0.6 is 0 Å². The number of nitrogens with two attached hydrogens (primary N) is 1. The molecular weight excluding hydrogens is 474 g/mol. The van der Waals surface area contributed by atoms with Crippen molar-refractivity contribution in [3.05, 3.63) is 83.9 Å². The molecule has 0 atom stereocenters. The summed E-state index contributed by atoms with van der Waals surface area (Å²) in [5.41, 5.74) is 8.92. The predicted octanol–water partition coefficient (Wildman–Crippen LogP) is 4.68. The second kappa shape index (κ2) is 10.6. The smallest absolute Gasteiger partial charge is 0.258 e. The van der Waals surface area contributed by atoms with Crippen molar-refractivity contribution in [2.45, 2.75) is 38.1 Å². The van der Waals surface area contributed by atoms with E-state index >= 15 is 0 Å². The molecule has 0 unspecified atom stereocenters. The van der Waals surface area contributed by atoms with Crippen LogP contribution in [0.15, 0.2) is 77.7 Å². The average molecular weight is 506 g/mol. The summed E-state index contributed by atoms with van der Waals surface area (Å²) in [4.78, 5) is 29.4. The molecule has 0 heterocycles. The summed E-state index contributed by atoms with van der Waals surface area (Å²) < 4.78 is 25.2. The highest BCUT2D eigenvalue weighted by atomic mass is 32.2. The van der Waals surface area contributed by atoms with E-state index in [4.69, 9.17) is 5.73 Å². The van der Waals surface area contributed by atoms with Gasteiger partial charge in [0, 0.05) is 42.6 Å². The Kier molecular flexibility index (Phi) is 7.56. The molecule has 1 fully saturated rings. The molecule has 7 nitrogen and oxygen atoms in total. The number of hydrogen-bond acceptors (Lipinski definition) is 5. The number of rotatable bonds is 9. The molecule has 36 heavy (non-hydrogen) atoms. The third kappa shape index (κ3) is 5.66. The van der Waals surface area contributed by atoms with Crippen molar-refractivity contribution >= 4 is 38.7 Å². The molecule has 1 aliphatic carbocycles. The Labute approximate surface area is 212 Å². The minimum absolute atomic E-state index is 0.163. The van der Waals surface area contributed by atoms with Gasteiger partial charge in [0.25, 0.3) is 5.91 Å². The summed E-state index contributed by atoms with van der Waals surface area (Å²) in [7, 11) is -3.35. The van der Waals surface area contributed by atoms with E-state index in [1.165, 1.54) is 11.8 Å². The van der Waals surface area contributed by atoms with Gasteiger partial charge in [0.15, 0.2) is 9.84 Å². The van der Waals surface area contributed by atoms with Gasteiger partial charge in [-0.2, -0.15) is 0 Å². The lowest BCUT2D eigenvalue weighted by Gasteiger charge is -2.24. The standard InChI is InChI=1S/C28H31N3O4S/c1-3-30(24-11-9-21(18-29)10-12-24)28(33)23-5-4-6-26(17-23)31(20(2)32)25-13-15-27(16-14-25)36(34,35)19-22-7-8-22/h4-6,9-17,22H,3,7-8,18-19,29H2,1-2H3. The van der Waals surface area contributed by atoms with E-state index in [0.29, 0.717) is 30.0 Å². The van der Waals surface area contributed by atoms with Gasteiger partial charge < -0.3 is 10.6 Å². The maximum Gasteiger partial charge on any atom is 0.258 e. The highest BCUT2D eigenvalue weighted by Crippen LogP contribution is 2.33. The van der Waals surface area contributed by atoms with E-state index in [0.717, 1.165) is 24.1 Å². The SMILES string of the molecule is CCN(C(=O)c1cccc(N(C(C)=O)c2ccc(S(=O)(=O)CC3CC3)cc2)c1)c1ccc(CN)cc1. The Morgan fingerprint density at radius 2 is 1.56 bits per heavy atom. The first-order chi connectivity index (χ1) is 17.2. The van der Waals surface area contributed by atoms with Crippen LogP contribution in [0, 0.1) is 5.92 Å². The minimum atomic E-state index is -3.35. The van der Waals surface area contributed by atoms with Gasteiger partial charge in [-0.1, -0.05) is 18.2 Å². The number of hydrogen-bond donors (Lipinski definition) is 1. The zero-order chi connectivity index (χ0) is 25.9. The zero-order valence-electron chi connectivity index (χ0n) is 20.6. The van der Waals surface area contributed by atoms with Gasteiger partial charge in [-0.3, -0.25) is 14.5 Å². The third-order valence-corrected chi connectivity index (χ3v) is 8.22. The summed E-state index contributed by atoms with van der Waals surface area (Å²) in [6, 6.07) is 20.8. The van der Waals surface area contributed by atoms with Gasteiger partial charge in [0.2, 0.25) is 5.91 Å². The summed E-state index contributed by atoms with van der Waals surface area (Å²) >= 11 is 0. The molecule has 0 saturated heterocycles. The van der Waals surface area contributed by atoms with Crippen LogP contribution in [0.4, 0.5) is 17.1 Å². The van der Waals surface area contributed by atoms with Gasteiger partial charge in [-0.05, 0) is 85.8 Å². The van der Waals surface area contributed by atoms with Crippen molar-refractivity contribution < 1.29 is 18.0 Å². The Balaban J connectivity index is 1.61. The van der Waals surface area contributed by atoms with Crippen LogP contribution < -0.4 is 15.5 Å². The van der Waals surface area contributed by atoms with Gasteiger partial charge in [0.05, 0.1) is 10.6 Å². The molecule has 3 aromatic carbocycles. The fourth-order valence-electron chi connectivity index (χ4n) is 4.20. The molecule has 0 radical (unpaired) electrons. The summed E-state index contributed by atoms with van der Waals surface area (Å²) in [5, 5.41) is 0. The predicted molar refractivity (Wildman–Crippen MR) is 142 cm³/mol. The quantitative estimate of drug-likeness (QED) is 0.455. The number of nitrogens with zero attached hydrogens (tertiary/aromatic N) is 2. The lowest BCUT2D eigenvalue weighted by molar-refractivity contribution is -0.115. The molecule has 8 heteroatoms. The molecular formula is C28H31N3O4S. The Morgan fingerprint density at radius 1 is 0.917 bits per heavy atom. The van der Waals surface area contributed by atoms with Crippen LogP contribution in [0.25, 0.3) is 0 Å². The highest BCUT2D eigenvalue weighted by Gasteiger charge is 2.29. The Hall–Kier alpha value is -3.49. The van der Waals surface area contributed by atoms with Crippen molar-refractivity contribution in [1.29, 1.82) is 0 Å². The number of anilines is 3. The lowest BCUT2D eigenvalue weighted by atomic mass is 10.1. The van der Waals surface area contributed by atoms with E-state index in [-0.39, 0.29) is 28.4 Å². The van der Waals surface area contributed by atoms with Crippen molar-refractivity contribution in [3.8, 4) is 0 Å². The molecule has 4 rings (SSSR count). The van der Waals surface area contributed by atoms with Crippen molar-refractivity contribution in [3.63, 3.8) is 0 Å². The average Bonchev–Trinajstić information content (AvgIpc) is 3.68. The summed E-state index contributed by atoms with van der Waals surface area (Å²) in [5.74, 6) is -0.0248. The number of carbonyl (C=O) groups excluding carboxylic acids is 2. The largest absolute Gasteiger partial charge is 0.326 e. The fraction of sp³-hybridized carbons (Fsp3) is 0.286. The zero-order valence-corrected chi connectivity index (χ0v) is 21.4. The van der Waals surface area contributed by atoms with Crippen LogP contribution in [0.2, 0.25) is 0 Å². The minimum Gasteiger partial charge on any atom is -0.326 e. The van der Waals surface area contributed by atoms with E-state index in [2.05, 4.69) is 0 Å². The van der Waals surface area contributed by atoms with Crippen molar-refractivity contribution in [2.75, 3.05) is 22.1 Å². The molecule has 0 spiro atoms. The Morgan fingerprint density at radius 3 is 2.11 bits per heavy atom. The molecule has 2 N–H and O–H groups in total. The normalized spacial score (nSPS) is 13.3. The first-order valence-corrected chi connectivity index (χ1v) is 13.7. The maximum absolute atomic E-state index is 13.4. The maximum atomic E-state index is 13.4. The van der Waals surface area contributed by atoms with E-state index in [1.807, 2.05) is 31.2 Å². The van der Waals surface area contributed by atoms with Gasteiger partial charge in [-0.25, -0.2) is 8.42 Å². The van der Waals surface area contributed by atoms with Gasteiger partial charge in [-0.15, -0.1) is 0 Å². The molecule has 0 aliphatic heterocycles. The molecule has 0 aromatic heterocycles. The molecule has 2 amide bonds. The molecule has 0 bridgehead atoms. The van der Waals surface area contributed by atoms with Crippen LogP contribution in [0.3, 0.4) is 0 Å². The summed E-state index contributed by atoms with van der Waals surface area (Å²) in [6.45, 7) is 4.23. The fourth-order valence-corrected chi connectivity index (χ4v) is 5.89. The van der Waals surface area contributed by atoms with Gasteiger partial charge >= 0.3 is 0 Å². The summed E-state index contributed by atoms with van der Waals surface area (Å²) in [6.07, 6.45) is 1.91. The van der Waals surface area contributed by atoms with Crippen LogP contribution in [-0.4, -0.2) is 32.5 Å². The number of benzene rings is 3. The molecule has 3 aromatic rings. The van der Waals surface area contributed by atoms with E-state index in [9.17, 15) is 18.0 Å². The van der Waals surface area contributed by atoms with Crippen LogP contribution in [0.5, 0.6) is 0 Å². The molecule has 188 valence electrons. The van der Waals surface area contributed by atoms with Crippen LogP contribution in [-0.2, 0) is 21.2 Å². The third-order valence-electron chi connectivity index (χ3n) is 6.32. The molecule has 1 saturated carbocycles. The topological polar surface area (TPSA) is 101 Å². The van der Waals surface area contributed by atoms with Crippen molar-refractivity contribution in [1.82, 2.24) is 0 Å². The van der Waals surface area contributed by atoms with Crippen LogP contribution in [0.1, 0.15) is 42.6 Å². The number of carbonyl (C=O) groups is 2. The van der Waals surface area contributed by atoms with Gasteiger partial charge in [0.1, 0.15) is 0 Å². The second-order valence-electron chi connectivity index (χ2n) is 9.04.